The number of aliphatic hydroxyl groups is 1. The number of hydrogen-bond donors (Lipinski definition) is 1. The maximum atomic E-state index is 11.0. The van der Waals surface area contributed by atoms with Gasteiger partial charge in [-0.05, 0) is 38.5 Å². The smallest absolute Gasteiger partial charge is 0.276 e. The van der Waals surface area contributed by atoms with Crippen LogP contribution in [0.5, 0.6) is 11.5 Å². The molecule has 21 heavy (non-hydrogen) atoms. The van der Waals surface area contributed by atoms with Gasteiger partial charge in [0.1, 0.15) is 11.5 Å². The Bertz CT molecular complexity index is 680. The maximum Gasteiger partial charge on any atom is 0.276 e. The van der Waals surface area contributed by atoms with Gasteiger partial charge in [0.2, 0.25) is 0 Å². The molecule has 5 nitrogen and oxygen atoms in total. The minimum atomic E-state index is -0.679. The van der Waals surface area contributed by atoms with Crippen LogP contribution in [0.2, 0.25) is 0 Å². The van der Waals surface area contributed by atoms with Gasteiger partial charge in [-0.3, -0.25) is 10.1 Å². The number of benzene rings is 2. The van der Waals surface area contributed by atoms with Crippen LogP contribution in [0, 0.1) is 24.0 Å². The molecular formula is C16H17NO4. The molecule has 0 aromatic heterocycles. The summed E-state index contributed by atoms with van der Waals surface area (Å²) in [6.45, 7) is 5.17. The third-order valence-corrected chi connectivity index (χ3v) is 3.28. The lowest BCUT2D eigenvalue weighted by molar-refractivity contribution is -0.385. The number of ether oxygens (including phenoxy) is 1. The summed E-state index contributed by atoms with van der Waals surface area (Å²) in [4.78, 5) is 10.6. The van der Waals surface area contributed by atoms with Crippen molar-refractivity contribution in [2.45, 2.75) is 26.9 Å². The lowest BCUT2D eigenvalue weighted by Gasteiger charge is -2.14. The van der Waals surface area contributed by atoms with E-state index in [0.29, 0.717) is 22.6 Å². The second-order valence-electron chi connectivity index (χ2n) is 4.98. The van der Waals surface area contributed by atoms with Gasteiger partial charge in [0.05, 0.1) is 17.1 Å². The van der Waals surface area contributed by atoms with Gasteiger partial charge in [0, 0.05) is 11.1 Å². The number of nitro groups is 1. The van der Waals surface area contributed by atoms with Crippen LogP contribution in [0.25, 0.3) is 0 Å². The number of aliphatic hydroxyl groups excluding tert-OH is 1. The molecule has 0 aliphatic carbocycles. The zero-order valence-electron chi connectivity index (χ0n) is 12.2. The SMILES string of the molecule is Cc1cc(C)c([N+](=O)[O-])cc1Oc1ccccc1[C@H](C)O. The van der Waals surface area contributed by atoms with E-state index in [1.54, 1.807) is 44.2 Å². The fourth-order valence-electron chi connectivity index (χ4n) is 2.17. The van der Waals surface area contributed by atoms with Crippen molar-refractivity contribution < 1.29 is 14.8 Å². The molecule has 110 valence electrons. The predicted octanol–water partition coefficient (Wildman–Crippen LogP) is 4.06. The van der Waals surface area contributed by atoms with Crippen molar-refractivity contribution in [1.29, 1.82) is 0 Å². The van der Waals surface area contributed by atoms with Crippen molar-refractivity contribution >= 4 is 5.69 Å². The Kier molecular flexibility index (Phi) is 4.23. The average Bonchev–Trinajstić information content (AvgIpc) is 2.41. The van der Waals surface area contributed by atoms with E-state index in [1.165, 1.54) is 6.07 Å². The van der Waals surface area contributed by atoms with E-state index in [0.717, 1.165) is 5.56 Å². The van der Waals surface area contributed by atoms with Crippen LogP contribution in [-0.2, 0) is 0 Å². The summed E-state index contributed by atoms with van der Waals surface area (Å²) in [5, 5.41) is 20.8. The summed E-state index contributed by atoms with van der Waals surface area (Å²) in [5.41, 5.74) is 2.05. The number of nitro benzene ring substituents is 1. The highest BCUT2D eigenvalue weighted by atomic mass is 16.6. The molecule has 2 aromatic rings. The maximum absolute atomic E-state index is 11.0. The summed E-state index contributed by atoms with van der Waals surface area (Å²) in [7, 11) is 0. The summed E-state index contributed by atoms with van der Waals surface area (Å²) in [6.07, 6.45) is -0.679. The molecule has 0 fully saturated rings. The molecule has 0 bridgehead atoms. The number of nitrogens with zero attached hydrogens (tertiary/aromatic N) is 1. The normalized spacial score (nSPS) is 12.0. The van der Waals surface area contributed by atoms with E-state index in [1.807, 2.05) is 6.92 Å². The molecule has 0 amide bonds. The Labute approximate surface area is 123 Å². The third kappa shape index (κ3) is 3.20. The van der Waals surface area contributed by atoms with Gasteiger partial charge in [0.15, 0.2) is 0 Å². The van der Waals surface area contributed by atoms with Crippen molar-refractivity contribution in [3.8, 4) is 11.5 Å². The van der Waals surface area contributed by atoms with Gasteiger partial charge in [0.25, 0.3) is 5.69 Å². The fraction of sp³-hybridized carbons (Fsp3) is 0.250. The van der Waals surface area contributed by atoms with Crippen LogP contribution in [0.1, 0.15) is 29.7 Å². The molecule has 0 unspecified atom stereocenters. The monoisotopic (exact) mass is 287 g/mol. The Morgan fingerprint density at radius 1 is 1.14 bits per heavy atom. The standard InChI is InChI=1S/C16H17NO4/c1-10-8-11(2)16(9-14(10)17(19)20)21-15-7-5-4-6-13(15)12(3)18/h4-9,12,18H,1-3H3/t12-/m0/s1. The zero-order chi connectivity index (χ0) is 15.6. The van der Waals surface area contributed by atoms with Crippen molar-refractivity contribution in [1.82, 2.24) is 0 Å². The first-order chi connectivity index (χ1) is 9.90. The first-order valence-corrected chi connectivity index (χ1v) is 6.60. The van der Waals surface area contributed by atoms with Gasteiger partial charge >= 0.3 is 0 Å². The quantitative estimate of drug-likeness (QED) is 0.680. The minimum absolute atomic E-state index is 0.0186. The molecule has 2 rings (SSSR count). The first-order valence-electron chi connectivity index (χ1n) is 6.60. The highest BCUT2D eigenvalue weighted by Crippen LogP contribution is 2.34. The van der Waals surface area contributed by atoms with Crippen molar-refractivity contribution in [2.75, 3.05) is 0 Å². The number of hydrogen-bond acceptors (Lipinski definition) is 4. The van der Waals surface area contributed by atoms with Crippen LogP contribution in [0.15, 0.2) is 36.4 Å². The molecule has 0 aliphatic rings. The molecule has 0 saturated carbocycles. The summed E-state index contributed by atoms with van der Waals surface area (Å²) in [5.74, 6) is 0.911. The number of rotatable bonds is 4. The Balaban J connectivity index is 2.45. The number of aryl methyl sites for hydroxylation is 2. The molecule has 0 spiro atoms. The third-order valence-electron chi connectivity index (χ3n) is 3.28. The minimum Gasteiger partial charge on any atom is -0.456 e. The molecule has 0 radical (unpaired) electrons. The summed E-state index contributed by atoms with van der Waals surface area (Å²) < 4.78 is 5.78. The van der Waals surface area contributed by atoms with Crippen LogP contribution in [0.3, 0.4) is 0 Å². The second kappa shape index (κ2) is 5.93. The van der Waals surface area contributed by atoms with E-state index >= 15 is 0 Å². The Morgan fingerprint density at radius 3 is 2.43 bits per heavy atom. The Hall–Kier alpha value is -2.40. The molecular weight excluding hydrogens is 270 g/mol. The molecule has 1 N–H and O–H groups in total. The number of para-hydroxylation sites is 1. The largest absolute Gasteiger partial charge is 0.456 e. The predicted molar refractivity (Wildman–Crippen MR) is 79.7 cm³/mol. The average molecular weight is 287 g/mol. The van der Waals surface area contributed by atoms with E-state index in [9.17, 15) is 15.2 Å². The fourth-order valence-corrected chi connectivity index (χ4v) is 2.17. The highest BCUT2D eigenvalue weighted by Gasteiger charge is 2.16. The highest BCUT2D eigenvalue weighted by molar-refractivity contribution is 5.51. The van der Waals surface area contributed by atoms with Crippen LogP contribution in [0.4, 0.5) is 5.69 Å². The van der Waals surface area contributed by atoms with Gasteiger partial charge in [-0.25, -0.2) is 0 Å². The summed E-state index contributed by atoms with van der Waals surface area (Å²) in [6, 6.07) is 10.2. The molecule has 0 heterocycles. The van der Waals surface area contributed by atoms with Crippen LogP contribution in [-0.4, -0.2) is 10.0 Å². The zero-order valence-corrected chi connectivity index (χ0v) is 12.2. The molecule has 2 aromatic carbocycles. The van der Waals surface area contributed by atoms with Crippen LogP contribution < -0.4 is 4.74 Å². The van der Waals surface area contributed by atoms with Crippen molar-refractivity contribution in [3.05, 3.63) is 63.2 Å². The topological polar surface area (TPSA) is 72.6 Å². The van der Waals surface area contributed by atoms with Gasteiger partial charge < -0.3 is 9.84 Å². The molecule has 1 atom stereocenters. The van der Waals surface area contributed by atoms with E-state index in [2.05, 4.69) is 0 Å². The Morgan fingerprint density at radius 2 is 1.81 bits per heavy atom. The molecule has 0 aliphatic heterocycles. The second-order valence-corrected chi connectivity index (χ2v) is 4.98. The lowest BCUT2D eigenvalue weighted by Crippen LogP contribution is -1.98. The van der Waals surface area contributed by atoms with E-state index < -0.39 is 11.0 Å². The molecule has 5 heteroatoms. The van der Waals surface area contributed by atoms with E-state index in [4.69, 9.17) is 4.74 Å². The van der Waals surface area contributed by atoms with E-state index in [-0.39, 0.29) is 5.69 Å². The van der Waals surface area contributed by atoms with Gasteiger partial charge in [-0.1, -0.05) is 18.2 Å². The summed E-state index contributed by atoms with van der Waals surface area (Å²) >= 11 is 0. The van der Waals surface area contributed by atoms with Crippen molar-refractivity contribution in [2.24, 2.45) is 0 Å². The van der Waals surface area contributed by atoms with Crippen LogP contribution >= 0.6 is 0 Å². The van der Waals surface area contributed by atoms with Crippen molar-refractivity contribution in [3.63, 3.8) is 0 Å². The molecule has 0 saturated heterocycles. The first kappa shape index (κ1) is 15.0. The van der Waals surface area contributed by atoms with Gasteiger partial charge in [-0.2, -0.15) is 0 Å². The van der Waals surface area contributed by atoms with Gasteiger partial charge in [-0.15, -0.1) is 0 Å². The lowest BCUT2D eigenvalue weighted by atomic mass is 10.1.